The fourth-order valence-electron chi connectivity index (χ4n) is 3.48. The molecule has 1 aliphatic rings. The third-order valence-corrected chi connectivity index (χ3v) is 5.05. The second-order valence-electron chi connectivity index (χ2n) is 7.25. The van der Waals surface area contributed by atoms with E-state index in [4.69, 9.17) is 9.94 Å². The van der Waals surface area contributed by atoms with E-state index in [1.54, 1.807) is 29.7 Å². The fraction of sp³-hybridized carbons (Fsp3) is 0.364. The number of likely N-dealkylation sites (tertiary alicyclic amines) is 1. The predicted octanol–water partition coefficient (Wildman–Crippen LogP) is 2.27. The van der Waals surface area contributed by atoms with Crippen LogP contribution >= 0.6 is 0 Å². The van der Waals surface area contributed by atoms with Crippen LogP contribution < -0.4 is 15.5 Å². The number of amides is 2. The molecule has 7 heteroatoms. The Morgan fingerprint density at radius 2 is 1.86 bits per heavy atom. The minimum Gasteiger partial charge on any atom is -0.489 e. The van der Waals surface area contributed by atoms with Gasteiger partial charge in [-0.15, -0.1) is 0 Å². The zero-order valence-electron chi connectivity index (χ0n) is 16.6. The molecule has 0 spiro atoms. The van der Waals surface area contributed by atoms with Gasteiger partial charge in [-0.05, 0) is 62.7 Å². The Morgan fingerprint density at radius 3 is 2.52 bits per heavy atom. The lowest BCUT2D eigenvalue weighted by Crippen LogP contribution is -2.51. The maximum Gasteiger partial charge on any atom is 0.262 e. The van der Waals surface area contributed by atoms with Crippen molar-refractivity contribution in [1.29, 1.82) is 0 Å². The number of nitrogens with zero attached hydrogens (tertiary/aromatic N) is 1. The van der Waals surface area contributed by atoms with Gasteiger partial charge in [0.1, 0.15) is 18.4 Å². The first-order valence-electron chi connectivity index (χ1n) is 9.81. The molecule has 0 bridgehead atoms. The number of hydrogen-bond acceptors (Lipinski definition) is 5. The van der Waals surface area contributed by atoms with Crippen LogP contribution in [0.15, 0.2) is 48.5 Å². The fourth-order valence-corrected chi connectivity index (χ4v) is 3.48. The highest BCUT2D eigenvalue weighted by Crippen LogP contribution is 2.15. The van der Waals surface area contributed by atoms with Crippen LogP contribution in [0.5, 0.6) is 5.75 Å². The van der Waals surface area contributed by atoms with Crippen LogP contribution in [0.3, 0.4) is 0 Å². The Kier molecular flexibility index (Phi) is 7.21. The molecule has 1 aliphatic heterocycles. The van der Waals surface area contributed by atoms with Gasteiger partial charge in [0.2, 0.25) is 0 Å². The number of hydrogen-bond donors (Lipinski definition) is 3. The van der Waals surface area contributed by atoms with Crippen LogP contribution in [-0.2, 0) is 11.4 Å². The smallest absolute Gasteiger partial charge is 0.262 e. The van der Waals surface area contributed by atoms with E-state index in [1.165, 1.54) is 5.56 Å². The van der Waals surface area contributed by atoms with Crippen molar-refractivity contribution in [3.63, 3.8) is 0 Å². The highest BCUT2D eigenvalue weighted by atomic mass is 16.5. The highest BCUT2D eigenvalue weighted by molar-refractivity contribution is 5.94. The van der Waals surface area contributed by atoms with Gasteiger partial charge in [-0.1, -0.05) is 29.8 Å². The first-order valence-corrected chi connectivity index (χ1v) is 9.81. The van der Waals surface area contributed by atoms with E-state index in [0.29, 0.717) is 17.9 Å². The zero-order valence-corrected chi connectivity index (χ0v) is 16.6. The lowest BCUT2D eigenvalue weighted by Gasteiger charge is -2.25. The molecular formula is C22H27N3O4. The third kappa shape index (κ3) is 5.79. The number of benzene rings is 2. The van der Waals surface area contributed by atoms with Gasteiger partial charge in [-0.3, -0.25) is 19.7 Å². The SMILES string of the molecule is Cc1cccc(COc2ccc(C(=O)NC[C@@H](C(=O)NO)N3CCCC3)cc2)c1. The molecule has 3 rings (SSSR count). The number of carbonyl (C=O) groups excluding carboxylic acids is 2. The molecule has 29 heavy (non-hydrogen) atoms. The van der Waals surface area contributed by atoms with E-state index in [1.807, 2.05) is 30.0 Å². The summed E-state index contributed by atoms with van der Waals surface area (Å²) in [5.74, 6) is -0.102. The Balaban J connectivity index is 1.53. The summed E-state index contributed by atoms with van der Waals surface area (Å²) in [7, 11) is 0. The van der Waals surface area contributed by atoms with Crippen molar-refractivity contribution in [1.82, 2.24) is 15.7 Å². The second kappa shape index (κ2) is 10.0. The molecule has 1 atom stereocenters. The lowest BCUT2D eigenvalue weighted by molar-refractivity contribution is -0.134. The predicted molar refractivity (Wildman–Crippen MR) is 109 cm³/mol. The summed E-state index contributed by atoms with van der Waals surface area (Å²) in [5.41, 5.74) is 4.45. The largest absolute Gasteiger partial charge is 0.489 e. The number of ether oxygens (including phenoxy) is 1. The zero-order chi connectivity index (χ0) is 20.6. The van der Waals surface area contributed by atoms with Crippen molar-refractivity contribution in [2.75, 3.05) is 19.6 Å². The average Bonchev–Trinajstić information content (AvgIpc) is 3.27. The monoisotopic (exact) mass is 397 g/mol. The summed E-state index contributed by atoms with van der Waals surface area (Å²) in [6.07, 6.45) is 2.01. The van der Waals surface area contributed by atoms with Gasteiger partial charge in [0, 0.05) is 12.1 Å². The van der Waals surface area contributed by atoms with Gasteiger partial charge in [-0.25, -0.2) is 5.48 Å². The molecule has 7 nitrogen and oxygen atoms in total. The number of carbonyl (C=O) groups is 2. The first kappa shape index (κ1) is 20.8. The van der Waals surface area contributed by atoms with Gasteiger partial charge in [0.05, 0.1) is 0 Å². The average molecular weight is 397 g/mol. The summed E-state index contributed by atoms with van der Waals surface area (Å²) < 4.78 is 5.77. The topological polar surface area (TPSA) is 90.9 Å². The molecule has 0 unspecified atom stereocenters. The van der Waals surface area contributed by atoms with Crippen LogP contribution in [0.25, 0.3) is 0 Å². The van der Waals surface area contributed by atoms with Crippen LogP contribution in [0.2, 0.25) is 0 Å². The van der Waals surface area contributed by atoms with Gasteiger partial charge in [0.15, 0.2) is 0 Å². The van der Waals surface area contributed by atoms with E-state index < -0.39 is 11.9 Å². The van der Waals surface area contributed by atoms with Gasteiger partial charge in [0.25, 0.3) is 11.8 Å². The number of aryl methyl sites for hydroxylation is 1. The van der Waals surface area contributed by atoms with Crippen LogP contribution in [0.1, 0.15) is 34.3 Å². The lowest BCUT2D eigenvalue weighted by atomic mass is 10.1. The molecule has 0 saturated carbocycles. The van der Waals surface area contributed by atoms with Crippen LogP contribution in [-0.4, -0.2) is 47.6 Å². The molecule has 2 aromatic carbocycles. The minimum absolute atomic E-state index is 0.136. The summed E-state index contributed by atoms with van der Waals surface area (Å²) in [6, 6.07) is 14.4. The van der Waals surface area contributed by atoms with Gasteiger partial charge >= 0.3 is 0 Å². The summed E-state index contributed by atoms with van der Waals surface area (Å²) in [6.45, 7) is 4.19. The van der Waals surface area contributed by atoms with Gasteiger partial charge in [-0.2, -0.15) is 0 Å². The van der Waals surface area contributed by atoms with E-state index in [9.17, 15) is 9.59 Å². The van der Waals surface area contributed by atoms with Crippen LogP contribution in [0, 0.1) is 6.92 Å². The number of nitrogens with one attached hydrogen (secondary N) is 2. The summed E-state index contributed by atoms with van der Waals surface area (Å²) in [4.78, 5) is 26.3. The van der Waals surface area contributed by atoms with E-state index >= 15 is 0 Å². The molecule has 2 amide bonds. The van der Waals surface area contributed by atoms with E-state index in [0.717, 1.165) is 31.5 Å². The number of hydroxylamine groups is 1. The molecule has 1 saturated heterocycles. The molecular weight excluding hydrogens is 370 g/mol. The van der Waals surface area contributed by atoms with Crippen molar-refractivity contribution < 1.29 is 19.5 Å². The maximum absolute atomic E-state index is 12.4. The molecule has 2 aromatic rings. The quantitative estimate of drug-likeness (QED) is 0.470. The molecule has 154 valence electrons. The Bertz CT molecular complexity index is 832. The van der Waals surface area contributed by atoms with Gasteiger partial charge < -0.3 is 10.1 Å². The van der Waals surface area contributed by atoms with E-state index in [2.05, 4.69) is 11.4 Å². The Morgan fingerprint density at radius 1 is 1.14 bits per heavy atom. The number of rotatable bonds is 8. The Hall–Kier alpha value is -2.90. The van der Waals surface area contributed by atoms with Crippen molar-refractivity contribution in [3.05, 3.63) is 65.2 Å². The molecule has 1 heterocycles. The normalized spacial score (nSPS) is 15.0. The highest BCUT2D eigenvalue weighted by Gasteiger charge is 2.28. The molecule has 1 fully saturated rings. The summed E-state index contributed by atoms with van der Waals surface area (Å²) >= 11 is 0. The van der Waals surface area contributed by atoms with Crippen molar-refractivity contribution in [2.24, 2.45) is 0 Å². The van der Waals surface area contributed by atoms with E-state index in [-0.39, 0.29) is 12.5 Å². The van der Waals surface area contributed by atoms with Crippen molar-refractivity contribution in [2.45, 2.75) is 32.4 Å². The minimum atomic E-state index is -0.580. The standard InChI is InChI=1S/C22H27N3O4/c1-16-5-4-6-17(13-16)15-29-19-9-7-18(8-10-19)21(26)23-14-20(22(27)24-28)25-11-2-3-12-25/h4-10,13,20,28H,2-3,11-12,14-15H2,1H3,(H,23,26)(H,24,27)/t20-/m0/s1. The van der Waals surface area contributed by atoms with Crippen LogP contribution in [0.4, 0.5) is 0 Å². The third-order valence-electron chi connectivity index (χ3n) is 5.05. The van der Waals surface area contributed by atoms with Crippen molar-refractivity contribution >= 4 is 11.8 Å². The molecule has 0 aliphatic carbocycles. The molecule has 0 aromatic heterocycles. The Labute approximate surface area is 170 Å². The first-order chi connectivity index (χ1) is 14.1. The molecule has 3 N–H and O–H groups in total. The van der Waals surface area contributed by atoms with Crippen molar-refractivity contribution in [3.8, 4) is 5.75 Å². The maximum atomic E-state index is 12.4. The summed E-state index contributed by atoms with van der Waals surface area (Å²) in [5, 5.41) is 11.8. The second-order valence-corrected chi connectivity index (χ2v) is 7.25. The molecule has 0 radical (unpaired) electrons.